The predicted molar refractivity (Wildman–Crippen MR) is 43.5 cm³/mol. The molecule has 3 N–H and O–H groups in total. The number of carbonyl (C=O) groups is 1. The summed E-state index contributed by atoms with van der Waals surface area (Å²) in [5.74, 6) is -3.67. The molecule has 4 nitrogen and oxygen atoms in total. The smallest absolute Gasteiger partial charge is 0.364 e. The number of carboxylic acids is 1. The molecule has 12 heavy (non-hydrogen) atoms. The fourth-order valence-corrected chi connectivity index (χ4v) is 0.864. The van der Waals surface area contributed by atoms with Gasteiger partial charge < -0.3 is 15.3 Å². The van der Waals surface area contributed by atoms with Crippen LogP contribution in [0.1, 0.15) is 33.1 Å². The standard InChI is InChI=1S/C8H16O4/c1-6(2)4-3-5-8(11,12)7(9)10/h6,11-12H,3-5H2,1-2H3,(H,9,10). The molecular formula is C8H16O4. The summed E-state index contributed by atoms with van der Waals surface area (Å²) in [4.78, 5) is 10.2. The van der Waals surface area contributed by atoms with Crippen LogP contribution in [0.2, 0.25) is 0 Å². The summed E-state index contributed by atoms with van der Waals surface area (Å²) < 4.78 is 0. The Morgan fingerprint density at radius 3 is 2.25 bits per heavy atom. The zero-order valence-electron chi connectivity index (χ0n) is 7.45. The second-order valence-corrected chi connectivity index (χ2v) is 3.41. The van der Waals surface area contributed by atoms with Crippen LogP contribution in [-0.4, -0.2) is 27.1 Å². The first kappa shape index (κ1) is 11.4. The number of hydrogen-bond acceptors (Lipinski definition) is 3. The molecule has 0 aliphatic carbocycles. The maximum absolute atomic E-state index is 10.2. The minimum Gasteiger partial charge on any atom is -0.477 e. The van der Waals surface area contributed by atoms with Gasteiger partial charge in [0.2, 0.25) is 0 Å². The van der Waals surface area contributed by atoms with E-state index in [9.17, 15) is 4.79 Å². The Balaban J connectivity index is 3.69. The molecule has 0 heterocycles. The highest BCUT2D eigenvalue weighted by molar-refractivity contribution is 5.74. The molecule has 0 rings (SSSR count). The van der Waals surface area contributed by atoms with Crippen LogP contribution in [0.25, 0.3) is 0 Å². The minimum absolute atomic E-state index is 0.111. The lowest BCUT2D eigenvalue weighted by molar-refractivity contribution is -0.205. The average Bonchev–Trinajstić information content (AvgIpc) is 1.85. The van der Waals surface area contributed by atoms with E-state index in [4.69, 9.17) is 15.3 Å². The van der Waals surface area contributed by atoms with Crippen molar-refractivity contribution in [2.24, 2.45) is 5.92 Å². The fraction of sp³-hybridized carbons (Fsp3) is 0.875. The molecule has 0 fully saturated rings. The molecule has 0 aromatic heterocycles. The molecule has 4 heteroatoms. The van der Waals surface area contributed by atoms with E-state index in [1.807, 2.05) is 13.8 Å². The van der Waals surface area contributed by atoms with Gasteiger partial charge in [-0.15, -0.1) is 0 Å². The van der Waals surface area contributed by atoms with Gasteiger partial charge in [-0.2, -0.15) is 0 Å². The first-order valence-electron chi connectivity index (χ1n) is 4.04. The molecule has 72 valence electrons. The van der Waals surface area contributed by atoms with Crippen molar-refractivity contribution in [2.75, 3.05) is 0 Å². The van der Waals surface area contributed by atoms with E-state index < -0.39 is 11.8 Å². The number of rotatable bonds is 5. The van der Waals surface area contributed by atoms with Crippen LogP contribution in [0.3, 0.4) is 0 Å². The van der Waals surface area contributed by atoms with E-state index >= 15 is 0 Å². The molecule has 0 aromatic rings. The van der Waals surface area contributed by atoms with E-state index in [0.29, 0.717) is 12.3 Å². The first-order chi connectivity index (χ1) is 5.36. The third-order valence-electron chi connectivity index (χ3n) is 1.65. The number of carboxylic acid groups (broad SMARTS) is 1. The Morgan fingerprint density at radius 2 is 1.92 bits per heavy atom. The molecule has 0 unspecified atom stereocenters. The Kier molecular flexibility index (Phi) is 4.20. The highest BCUT2D eigenvalue weighted by Crippen LogP contribution is 2.14. The quantitative estimate of drug-likeness (QED) is 0.535. The zero-order chi connectivity index (χ0) is 9.78. The molecule has 0 aliphatic heterocycles. The van der Waals surface area contributed by atoms with Crippen LogP contribution in [0.5, 0.6) is 0 Å². The highest BCUT2D eigenvalue weighted by Gasteiger charge is 2.31. The molecule has 0 atom stereocenters. The third kappa shape index (κ3) is 4.31. The SMILES string of the molecule is CC(C)CCCC(O)(O)C(=O)O. The van der Waals surface area contributed by atoms with E-state index in [1.54, 1.807) is 0 Å². The van der Waals surface area contributed by atoms with Gasteiger partial charge in [-0.1, -0.05) is 20.3 Å². The van der Waals surface area contributed by atoms with Crippen molar-refractivity contribution in [1.82, 2.24) is 0 Å². The van der Waals surface area contributed by atoms with Crippen molar-refractivity contribution in [3.05, 3.63) is 0 Å². The zero-order valence-corrected chi connectivity index (χ0v) is 7.45. The van der Waals surface area contributed by atoms with Crippen LogP contribution in [0.15, 0.2) is 0 Å². The van der Waals surface area contributed by atoms with Gasteiger partial charge in [0.05, 0.1) is 0 Å². The van der Waals surface area contributed by atoms with E-state index in [-0.39, 0.29) is 6.42 Å². The lowest BCUT2D eigenvalue weighted by Gasteiger charge is -2.16. The Labute approximate surface area is 71.8 Å². The summed E-state index contributed by atoms with van der Waals surface area (Å²) in [6.45, 7) is 3.99. The topological polar surface area (TPSA) is 77.8 Å². The minimum atomic E-state index is -2.55. The Morgan fingerprint density at radius 1 is 1.42 bits per heavy atom. The third-order valence-corrected chi connectivity index (χ3v) is 1.65. The maximum Gasteiger partial charge on any atom is 0.364 e. The van der Waals surface area contributed by atoms with Gasteiger partial charge in [0.25, 0.3) is 5.79 Å². The molecule has 0 bridgehead atoms. The molecule has 0 spiro atoms. The first-order valence-corrected chi connectivity index (χ1v) is 4.04. The summed E-state index contributed by atoms with van der Waals surface area (Å²) in [6.07, 6.45) is 1.20. The largest absolute Gasteiger partial charge is 0.477 e. The molecule has 0 amide bonds. The highest BCUT2D eigenvalue weighted by atomic mass is 16.5. The fourth-order valence-electron chi connectivity index (χ4n) is 0.864. The van der Waals surface area contributed by atoms with Crippen molar-refractivity contribution in [2.45, 2.75) is 38.9 Å². The molecule has 0 saturated carbocycles. The van der Waals surface area contributed by atoms with Gasteiger partial charge in [-0.05, 0) is 12.3 Å². The Bertz CT molecular complexity index is 151. The summed E-state index contributed by atoms with van der Waals surface area (Å²) in [5, 5.41) is 26.0. The van der Waals surface area contributed by atoms with Gasteiger partial charge in [-0.3, -0.25) is 0 Å². The summed E-state index contributed by atoms with van der Waals surface area (Å²) in [5.41, 5.74) is 0. The van der Waals surface area contributed by atoms with Crippen LogP contribution < -0.4 is 0 Å². The van der Waals surface area contributed by atoms with Crippen molar-refractivity contribution in [1.29, 1.82) is 0 Å². The van der Waals surface area contributed by atoms with Gasteiger partial charge in [-0.25, -0.2) is 4.79 Å². The van der Waals surface area contributed by atoms with Crippen LogP contribution >= 0.6 is 0 Å². The molecule has 0 saturated heterocycles. The second kappa shape index (κ2) is 4.42. The molecule has 0 radical (unpaired) electrons. The Hall–Kier alpha value is -0.610. The van der Waals surface area contributed by atoms with E-state index in [1.165, 1.54) is 0 Å². The molecule has 0 aromatic carbocycles. The predicted octanol–water partition coefficient (Wildman–Crippen LogP) is 0.578. The van der Waals surface area contributed by atoms with Crippen molar-refractivity contribution in [3.8, 4) is 0 Å². The summed E-state index contributed by atoms with van der Waals surface area (Å²) in [6, 6.07) is 0. The number of aliphatic hydroxyl groups is 2. The van der Waals surface area contributed by atoms with Gasteiger partial charge in [0, 0.05) is 6.42 Å². The summed E-state index contributed by atoms with van der Waals surface area (Å²) in [7, 11) is 0. The lowest BCUT2D eigenvalue weighted by Crippen LogP contribution is -2.37. The molecular weight excluding hydrogens is 160 g/mol. The lowest BCUT2D eigenvalue weighted by atomic mass is 10.0. The normalized spacial score (nSPS) is 12.1. The van der Waals surface area contributed by atoms with Gasteiger partial charge in [0.1, 0.15) is 0 Å². The van der Waals surface area contributed by atoms with Gasteiger partial charge >= 0.3 is 5.97 Å². The number of aliphatic carboxylic acids is 1. The molecule has 0 aliphatic rings. The summed E-state index contributed by atoms with van der Waals surface area (Å²) >= 11 is 0. The van der Waals surface area contributed by atoms with Crippen LogP contribution in [0, 0.1) is 5.92 Å². The number of hydrogen-bond donors (Lipinski definition) is 3. The van der Waals surface area contributed by atoms with E-state index in [0.717, 1.165) is 6.42 Å². The van der Waals surface area contributed by atoms with E-state index in [2.05, 4.69) is 0 Å². The second-order valence-electron chi connectivity index (χ2n) is 3.41. The van der Waals surface area contributed by atoms with Crippen molar-refractivity contribution >= 4 is 5.97 Å². The average molecular weight is 176 g/mol. The van der Waals surface area contributed by atoms with Crippen molar-refractivity contribution in [3.63, 3.8) is 0 Å². The van der Waals surface area contributed by atoms with Crippen LogP contribution in [-0.2, 0) is 4.79 Å². The van der Waals surface area contributed by atoms with Crippen molar-refractivity contribution < 1.29 is 20.1 Å². The monoisotopic (exact) mass is 176 g/mol. The van der Waals surface area contributed by atoms with Gasteiger partial charge in [0.15, 0.2) is 0 Å². The van der Waals surface area contributed by atoms with Crippen LogP contribution in [0.4, 0.5) is 0 Å². The maximum atomic E-state index is 10.2.